The number of hydrogen-bond acceptors (Lipinski definition) is 8. The third kappa shape index (κ3) is 5.23. The van der Waals surface area contributed by atoms with Gasteiger partial charge < -0.3 is 13.9 Å². The summed E-state index contributed by atoms with van der Waals surface area (Å²) in [5.41, 5.74) is 2.48. The SMILES string of the molecule is CCOC(=O)C1=C(C)N=c2s/c(=C\c3ccc(-c4cccc(C(=O)OCC)c4)o3)c(=O)n2[C@@H]1c1cccc2ccccc12. The van der Waals surface area contributed by atoms with Crippen molar-refractivity contribution < 1.29 is 23.5 Å². The Kier molecular flexibility index (Phi) is 7.65. The highest BCUT2D eigenvalue weighted by molar-refractivity contribution is 7.07. The van der Waals surface area contributed by atoms with Gasteiger partial charge in [0.05, 0.1) is 40.6 Å². The Morgan fingerprint density at radius 3 is 2.51 bits per heavy atom. The lowest BCUT2D eigenvalue weighted by Gasteiger charge is -2.25. The van der Waals surface area contributed by atoms with E-state index in [1.165, 1.54) is 11.3 Å². The van der Waals surface area contributed by atoms with E-state index in [4.69, 9.17) is 13.9 Å². The van der Waals surface area contributed by atoms with Crippen LogP contribution >= 0.6 is 11.3 Å². The number of carbonyl (C=O) groups is 2. The maximum atomic E-state index is 14.0. The zero-order valence-electron chi connectivity index (χ0n) is 23.8. The Balaban J connectivity index is 1.47. The maximum Gasteiger partial charge on any atom is 0.338 e. The van der Waals surface area contributed by atoms with Crippen molar-refractivity contribution in [2.45, 2.75) is 26.8 Å². The second kappa shape index (κ2) is 11.7. The molecule has 0 amide bonds. The summed E-state index contributed by atoms with van der Waals surface area (Å²) < 4.78 is 18.6. The third-order valence-electron chi connectivity index (χ3n) is 7.19. The van der Waals surface area contributed by atoms with Gasteiger partial charge in [-0.25, -0.2) is 14.6 Å². The number of allylic oxidation sites excluding steroid dienone is 1. The van der Waals surface area contributed by atoms with Gasteiger partial charge in [0.1, 0.15) is 11.5 Å². The van der Waals surface area contributed by atoms with Crippen molar-refractivity contribution in [3.05, 3.63) is 127 Å². The van der Waals surface area contributed by atoms with Crippen molar-refractivity contribution in [2.24, 2.45) is 4.99 Å². The van der Waals surface area contributed by atoms with Crippen molar-refractivity contribution in [2.75, 3.05) is 13.2 Å². The number of esters is 2. The van der Waals surface area contributed by atoms with E-state index in [2.05, 4.69) is 4.99 Å². The van der Waals surface area contributed by atoms with E-state index < -0.39 is 18.0 Å². The van der Waals surface area contributed by atoms with Crippen LogP contribution in [0.2, 0.25) is 0 Å². The van der Waals surface area contributed by atoms with Gasteiger partial charge in [0.25, 0.3) is 5.56 Å². The lowest BCUT2D eigenvalue weighted by atomic mass is 9.91. The minimum absolute atomic E-state index is 0.200. The molecule has 0 spiro atoms. The second-order valence-electron chi connectivity index (χ2n) is 9.87. The van der Waals surface area contributed by atoms with Crippen LogP contribution in [0, 0.1) is 0 Å². The Morgan fingerprint density at radius 2 is 1.70 bits per heavy atom. The third-order valence-corrected chi connectivity index (χ3v) is 8.18. The Labute approximate surface area is 250 Å². The molecule has 3 heterocycles. The smallest absolute Gasteiger partial charge is 0.338 e. The number of fused-ring (bicyclic) bond motifs is 2. The molecule has 43 heavy (non-hydrogen) atoms. The zero-order valence-corrected chi connectivity index (χ0v) is 24.6. The van der Waals surface area contributed by atoms with Gasteiger partial charge in [0.15, 0.2) is 4.80 Å². The van der Waals surface area contributed by atoms with E-state index in [1.807, 2.05) is 48.5 Å². The van der Waals surface area contributed by atoms with Crippen LogP contribution in [0.5, 0.6) is 0 Å². The number of aromatic nitrogens is 1. The van der Waals surface area contributed by atoms with Crippen LogP contribution in [-0.4, -0.2) is 29.7 Å². The van der Waals surface area contributed by atoms with Crippen LogP contribution in [0.3, 0.4) is 0 Å². The van der Waals surface area contributed by atoms with Gasteiger partial charge in [0.2, 0.25) is 0 Å². The molecule has 0 saturated carbocycles. The summed E-state index contributed by atoms with van der Waals surface area (Å²) in [6, 6.07) is 23.6. The van der Waals surface area contributed by atoms with Crippen LogP contribution in [0.15, 0.2) is 104 Å². The molecule has 0 N–H and O–H groups in total. The average Bonchev–Trinajstić information content (AvgIpc) is 3.60. The molecule has 3 aromatic carbocycles. The first kappa shape index (κ1) is 28.1. The van der Waals surface area contributed by atoms with E-state index in [9.17, 15) is 14.4 Å². The minimum atomic E-state index is -0.721. The molecular weight excluding hydrogens is 564 g/mol. The van der Waals surface area contributed by atoms with Crippen LogP contribution in [-0.2, 0) is 14.3 Å². The van der Waals surface area contributed by atoms with E-state index in [0.717, 1.165) is 16.3 Å². The molecule has 216 valence electrons. The predicted octanol–water partition coefficient (Wildman–Crippen LogP) is 5.39. The minimum Gasteiger partial charge on any atom is -0.463 e. The van der Waals surface area contributed by atoms with Gasteiger partial charge >= 0.3 is 11.9 Å². The first-order valence-corrected chi connectivity index (χ1v) is 14.8. The van der Waals surface area contributed by atoms with E-state index in [1.54, 1.807) is 61.7 Å². The molecule has 0 aliphatic carbocycles. The lowest BCUT2D eigenvalue weighted by molar-refractivity contribution is -0.139. The van der Waals surface area contributed by atoms with E-state index in [-0.39, 0.29) is 18.8 Å². The fraction of sp³-hybridized carbons (Fsp3) is 0.176. The van der Waals surface area contributed by atoms with E-state index in [0.29, 0.717) is 43.3 Å². The van der Waals surface area contributed by atoms with Gasteiger partial charge in [0, 0.05) is 11.6 Å². The highest BCUT2D eigenvalue weighted by Crippen LogP contribution is 2.35. The molecule has 5 aromatic rings. The molecule has 1 aliphatic rings. The van der Waals surface area contributed by atoms with Crippen molar-refractivity contribution in [3.8, 4) is 11.3 Å². The highest BCUT2D eigenvalue weighted by atomic mass is 32.1. The number of ether oxygens (including phenoxy) is 2. The topological polar surface area (TPSA) is 100 Å². The number of hydrogen-bond donors (Lipinski definition) is 0. The Bertz CT molecular complexity index is 2090. The predicted molar refractivity (Wildman–Crippen MR) is 164 cm³/mol. The van der Waals surface area contributed by atoms with Gasteiger partial charge in [-0.3, -0.25) is 9.36 Å². The highest BCUT2D eigenvalue weighted by Gasteiger charge is 2.34. The summed E-state index contributed by atoms with van der Waals surface area (Å²) in [4.78, 5) is 44.7. The molecule has 6 rings (SSSR count). The number of nitrogens with zero attached hydrogens (tertiary/aromatic N) is 2. The van der Waals surface area contributed by atoms with E-state index >= 15 is 0 Å². The largest absolute Gasteiger partial charge is 0.463 e. The van der Waals surface area contributed by atoms with Gasteiger partial charge in [-0.15, -0.1) is 0 Å². The quantitative estimate of drug-likeness (QED) is 0.235. The molecule has 0 radical (unpaired) electrons. The Morgan fingerprint density at radius 1 is 0.953 bits per heavy atom. The van der Waals surface area contributed by atoms with Crippen LogP contribution in [0.1, 0.15) is 48.5 Å². The van der Waals surface area contributed by atoms with Gasteiger partial charge in [-0.2, -0.15) is 0 Å². The average molecular weight is 593 g/mol. The summed E-state index contributed by atoms with van der Waals surface area (Å²) in [6.07, 6.45) is 1.67. The fourth-order valence-corrected chi connectivity index (χ4v) is 6.33. The molecular formula is C34H28N2O6S. The molecule has 0 saturated heterocycles. The van der Waals surface area contributed by atoms with Crippen molar-refractivity contribution in [1.82, 2.24) is 4.57 Å². The number of thiazole rings is 1. The van der Waals surface area contributed by atoms with Gasteiger partial charge in [-0.05, 0) is 61.4 Å². The lowest BCUT2D eigenvalue weighted by Crippen LogP contribution is -2.40. The molecule has 9 heteroatoms. The first-order chi connectivity index (χ1) is 20.9. The Hall–Kier alpha value is -5.02. The zero-order chi connectivity index (χ0) is 30.1. The second-order valence-corrected chi connectivity index (χ2v) is 10.9. The molecule has 8 nitrogen and oxygen atoms in total. The number of rotatable bonds is 7. The van der Waals surface area contributed by atoms with Gasteiger partial charge in [-0.1, -0.05) is 65.9 Å². The molecule has 0 fully saturated rings. The van der Waals surface area contributed by atoms with Crippen molar-refractivity contribution >= 4 is 40.1 Å². The standard InChI is InChI=1S/C34H28N2O6S/c1-4-40-32(38)23-13-8-12-22(18-23)27-17-16-24(42-27)19-28-31(37)36-30(26-15-9-11-21-10-6-7-14-25(21)26)29(33(39)41-5-2)20(3)35-34(36)43-28/h6-19,30H,4-5H2,1-3H3/b28-19-/t30-/m1/s1. The molecule has 0 bridgehead atoms. The molecule has 2 aromatic heterocycles. The summed E-state index contributed by atoms with van der Waals surface area (Å²) in [5, 5.41) is 1.93. The first-order valence-electron chi connectivity index (χ1n) is 13.9. The van der Waals surface area contributed by atoms with Crippen LogP contribution in [0.4, 0.5) is 0 Å². The summed E-state index contributed by atoms with van der Waals surface area (Å²) in [5.74, 6) is 0.0937. The molecule has 1 aliphatic heterocycles. The maximum absolute atomic E-state index is 14.0. The number of carbonyl (C=O) groups excluding carboxylic acids is 2. The van der Waals surface area contributed by atoms with Crippen LogP contribution in [0.25, 0.3) is 28.2 Å². The fourth-order valence-electron chi connectivity index (χ4n) is 5.30. The molecule has 0 unspecified atom stereocenters. The monoisotopic (exact) mass is 592 g/mol. The summed E-state index contributed by atoms with van der Waals surface area (Å²) >= 11 is 1.23. The van der Waals surface area contributed by atoms with Crippen molar-refractivity contribution in [1.29, 1.82) is 0 Å². The summed E-state index contributed by atoms with van der Waals surface area (Å²) in [6.45, 7) is 5.76. The number of furan rings is 1. The van der Waals surface area contributed by atoms with Crippen molar-refractivity contribution in [3.63, 3.8) is 0 Å². The normalized spacial score (nSPS) is 14.9. The number of benzene rings is 3. The molecule has 1 atom stereocenters. The summed E-state index contributed by atoms with van der Waals surface area (Å²) in [7, 11) is 0. The van der Waals surface area contributed by atoms with Crippen LogP contribution < -0.4 is 14.9 Å².